The number of aromatic nitrogens is 2. The van der Waals surface area contributed by atoms with Gasteiger partial charge in [-0.05, 0) is 48.6 Å². The summed E-state index contributed by atoms with van der Waals surface area (Å²) in [6.45, 7) is 1.37. The Balaban J connectivity index is 1.45. The number of methoxy groups -OCH3 is 1. The van der Waals surface area contributed by atoms with E-state index >= 15 is 0 Å². The summed E-state index contributed by atoms with van der Waals surface area (Å²) in [7, 11) is 1.66. The van der Waals surface area contributed by atoms with Crippen LogP contribution in [0.15, 0.2) is 30.5 Å². The molecule has 1 aliphatic carbocycles. The van der Waals surface area contributed by atoms with Crippen molar-refractivity contribution < 1.29 is 9.53 Å². The number of benzene rings is 1. The molecule has 1 unspecified atom stereocenters. The number of likely N-dealkylation sites (tertiary alicyclic amines) is 1. The van der Waals surface area contributed by atoms with Gasteiger partial charge in [-0.25, -0.2) is 9.97 Å². The SMILES string of the molecule is COc1ccc(CN2CCC3(Cc4cnc(Cl)nc4N3C3CCCC3)C2=O)cc1. The van der Waals surface area contributed by atoms with Gasteiger partial charge in [-0.3, -0.25) is 4.79 Å². The molecule has 0 N–H and O–H groups in total. The second-order valence-corrected chi connectivity index (χ2v) is 8.67. The zero-order chi connectivity index (χ0) is 20.0. The molecular formula is C22H25ClN4O2. The van der Waals surface area contributed by atoms with Crippen molar-refractivity contribution in [2.24, 2.45) is 0 Å². The maximum absolute atomic E-state index is 13.8. The molecule has 152 valence electrons. The Bertz CT molecular complexity index is 929. The highest BCUT2D eigenvalue weighted by Crippen LogP contribution is 2.47. The van der Waals surface area contributed by atoms with Gasteiger partial charge in [0.15, 0.2) is 0 Å². The van der Waals surface area contributed by atoms with Crippen molar-refractivity contribution in [3.63, 3.8) is 0 Å². The van der Waals surface area contributed by atoms with Gasteiger partial charge in [0, 0.05) is 37.3 Å². The third-order valence-electron chi connectivity index (χ3n) is 6.69. The summed E-state index contributed by atoms with van der Waals surface area (Å²) in [6, 6.07) is 8.30. The van der Waals surface area contributed by atoms with Crippen LogP contribution < -0.4 is 9.64 Å². The van der Waals surface area contributed by atoms with E-state index in [-0.39, 0.29) is 11.2 Å². The van der Waals surface area contributed by atoms with Crippen LogP contribution >= 0.6 is 11.6 Å². The first kappa shape index (κ1) is 18.7. The fourth-order valence-electron chi connectivity index (χ4n) is 5.31. The minimum atomic E-state index is -0.539. The monoisotopic (exact) mass is 412 g/mol. The van der Waals surface area contributed by atoms with Gasteiger partial charge in [0.1, 0.15) is 17.1 Å². The van der Waals surface area contributed by atoms with Crippen LogP contribution in [-0.2, 0) is 17.8 Å². The number of anilines is 1. The van der Waals surface area contributed by atoms with Gasteiger partial charge in [0.05, 0.1) is 7.11 Å². The van der Waals surface area contributed by atoms with E-state index in [1.807, 2.05) is 29.2 Å². The van der Waals surface area contributed by atoms with Gasteiger partial charge < -0.3 is 14.5 Å². The Kier molecular flexibility index (Phi) is 4.62. The third kappa shape index (κ3) is 3.05. The maximum Gasteiger partial charge on any atom is 0.249 e. The van der Waals surface area contributed by atoms with Crippen LogP contribution in [0.5, 0.6) is 5.75 Å². The van der Waals surface area contributed by atoms with Crippen molar-refractivity contribution >= 4 is 23.3 Å². The Morgan fingerprint density at radius 3 is 2.72 bits per heavy atom. The molecule has 2 aliphatic heterocycles. The molecule has 1 atom stereocenters. The van der Waals surface area contributed by atoms with Gasteiger partial charge in [-0.2, -0.15) is 0 Å². The number of rotatable bonds is 4. The molecule has 3 aliphatic rings. The molecule has 2 aromatic rings. The van der Waals surface area contributed by atoms with E-state index in [2.05, 4.69) is 14.9 Å². The summed E-state index contributed by atoms with van der Waals surface area (Å²) < 4.78 is 5.24. The number of nitrogens with zero attached hydrogens (tertiary/aromatic N) is 4. The Labute approximate surface area is 175 Å². The van der Waals surface area contributed by atoms with E-state index in [0.717, 1.165) is 48.5 Å². The number of hydrogen-bond acceptors (Lipinski definition) is 5. The predicted octanol–water partition coefficient (Wildman–Crippen LogP) is 3.62. The minimum Gasteiger partial charge on any atom is -0.497 e. The van der Waals surface area contributed by atoms with E-state index in [1.54, 1.807) is 13.3 Å². The number of fused-ring (bicyclic) bond motifs is 1. The largest absolute Gasteiger partial charge is 0.497 e. The first-order valence-electron chi connectivity index (χ1n) is 10.3. The van der Waals surface area contributed by atoms with Gasteiger partial charge in [-0.1, -0.05) is 25.0 Å². The molecule has 29 heavy (non-hydrogen) atoms. The average Bonchev–Trinajstić information content (AvgIpc) is 3.43. The minimum absolute atomic E-state index is 0.203. The highest BCUT2D eigenvalue weighted by atomic mass is 35.5. The lowest BCUT2D eigenvalue weighted by Gasteiger charge is -2.39. The normalized spacial score (nSPS) is 24.0. The van der Waals surface area contributed by atoms with E-state index in [4.69, 9.17) is 16.3 Å². The highest BCUT2D eigenvalue weighted by molar-refractivity contribution is 6.28. The van der Waals surface area contributed by atoms with Gasteiger partial charge in [0.25, 0.3) is 0 Å². The van der Waals surface area contributed by atoms with Crippen molar-refractivity contribution in [2.45, 2.75) is 56.7 Å². The summed E-state index contributed by atoms with van der Waals surface area (Å²) in [5.41, 5.74) is 1.62. The van der Waals surface area contributed by atoms with Gasteiger partial charge in [0.2, 0.25) is 11.2 Å². The smallest absolute Gasteiger partial charge is 0.249 e. The summed E-state index contributed by atoms with van der Waals surface area (Å²) in [6.07, 6.45) is 7.91. The second kappa shape index (κ2) is 7.17. The molecule has 1 saturated carbocycles. The Morgan fingerprint density at radius 1 is 1.24 bits per heavy atom. The van der Waals surface area contributed by atoms with Gasteiger partial charge >= 0.3 is 0 Å². The lowest BCUT2D eigenvalue weighted by atomic mass is 9.91. The molecule has 1 saturated heterocycles. The molecular weight excluding hydrogens is 388 g/mol. The Hall–Kier alpha value is -2.34. The highest BCUT2D eigenvalue weighted by Gasteiger charge is 2.57. The van der Waals surface area contributed by atoms with Crippen molar-refractivity contribution in [2.75, 3.05) is 18.6 Å². The summed E-state index contributed by atoms with van der Waals surface area (Å²) in [5.74, 6) is 1.90. The first-order chi connectivity index (χ1) is 14.1. The van der Waals surface area contributed by atoms with Crippen LogP contribution in [0.25, 0.3) is 0 Å². The summed E-state index contributed by atoms with van der Waals surface area (Å²) in [4.78, 5) is 26.8. The van der Waals surface area contributed by atoms with Crippen molar-refractivity contribution in [3.05, 3.63) is 46.9 Å². The number of carbonyl (C=O) groups is 1. The van der Waals surface area contributed by atoms with Crippen LogP contribution in [0, 0.1) is 0 Å². The van der Waals surface area contributed by atoms with Crippen molar-refractivity contribution in [1.29, 1.82) is 0 Å². The van der Waals surface area contributed by atoms with E-state index < -0.39 is 5.54 Å². The van der Waals surface area contributed by atoms with E-state index in [9.17, 15) is 4.79 Å². The molecule has 1 aromatic carbocycles. The Morgan fingerprint density at radius 2 is 2.00 bits per heavy atom. The number of hydrogen-bond donors (Lipinski definition) is 0. The number of ether oxygens (including phenoxy) is 1. The summed E-state index contributed by atoms with van der Waals surface area (Å²) >= 11 is 6.13. The quantitative estimate of drug-likeness (QED) is 0.718. The molecule has 1 spiro atoms. The predicted molar refractivity (Wildman–Crippen MR) is 111 cm³/mol. The van der Waals surface area contributed by atoms with E-state index in [0.29, 0.717) is 19.0 Å². The number of amides is 1. The molecule has 1 amide bonds. The first-order valence-corrected chi connectivity index (χ1v) is 10.7. The number of carbonyl (C=O) groups excluding carboxylic acids is 1. The molecule has 0 radical (unpaired) electrons. The van der Waals surface area contributed by atoms with Crippen molar-refractivity contribution in [1.82, 2.24) is 14.9 Å². The third-order valence-corrected chi connectivity index (χ3v) is 6.87. The standard InChI is InChI=1S/C22H25ClN4O2/c1-29-18-8-6-15(7-9-18)14-26-11-10-22(20(26)28)12-16-13-24-21(23)25-19(16)27(22)17-4-2-3-5-17/h6-9,13,17H,2-5,10-12,14H2,1H3. The fourth-order valence-corrected chi connectivity index (χ4v) is 5.44. The van der Waals surface area contributed by atoms with Crippen LogP contribution in [0.2, 0.25) is 5.28 Å². The van der Waals surface area contributed by atoms with Gasteiger partial charge in [-0.15, -0.1) is 0 Å². The number of halogens is 1. The zero-order valence-corrected chi connectivity index (χ0v) is 17.4. The molecule has 7 heteroatoms. The lowest BCUT2D eigenvalue weighted by Crippen LogP contribution is -2.56. The zero-order valence-electron chi connectivity index (χ0n) is 16.6. The fraction of sp³-hybridized carbons (Fsp3) is 0.500. The van der Waals surface area contributed by atoms with Crippen LogP contribution in [-0.4, -0.2) is 46.0 Å². The van der Waals surface area contributed by atoms with E-state index in [1.165, 1.54) is 12.8 Å². The lowest BCUT2D eigenvalue weighted by molar-refractivity contribution is -0.132. The van der Waals surface area contributed by atoms with Crippen LogP contribution in [0.4, 0.5) is 5.82 Å². The average molecular weight is 413 g/mol. The molecule has 0 bridgehead atoms. The summed E-state index contributed by atoms with van der Waals surface area (Å²) in [5, 5.41) is 0.254. The molecule has 5 rings (SSSR count). The molecule has 1 aromatic heterocycles. The molecule has 6 nitrogen and oxygen atoms in total. The molecule has 2 fully saturated rings. The molecule has 3 heterocycles. The maximum atomic E-state index is 13.8. The van der Waals surface area contributed by atoms with Crippen LogP contribution in [0.1, 0.15) is 43.2 Å². The van der Waals surface area contributed by atoms with Crippen molar-refractivity contribution in [3.8, 4) is 5.75 Å². The topological polar surface area (TPSA) is 58.6 Å². The van der Waals surface area contributed by atoms with Crippen LogP contribution in [0.3, 0.4) is 0 Å². The second-order valence-electron chi connectivity index (χ2n) is 8.33.